The molecule has 11 heteroatoms. The largest absolute Gasteiger partial charge is 0.336 e. The highest BCUT2D eigenvalue weighted by Gasteiger charge is 2.25. The van der Waals surface area contributed by atoms with E-state index < -0.39 is 14.9 Å². The monoisotopic (exact) mass is 390 g/mol. The zero-order valence-electron chi connectivity index (χ0n) is 14.3. The molecule has 10 nitrogen and oxygen atoms in total. The number of hydrogen-bond acceptors (Lipinski definition) is 6. The van der Waals surface area contributed by atoms with Gasteiger partial charge in [0.2, 0.25) is 10.0 Å². The van der Waals surface area contributed by atoms with E-state index in [-0.39, 0.29) is 23.7 Å². The fourth-order valence-corrected chi connectivity index (χ4v) is 3.96. The molecule has 0 aliphatic rings. The molecule has 0 amide bonds. The molecule has 0 saturated heterocycles. The summed E-state index contributed by atoms with van der Waals surface area (Å²) in [5, 5.41) is 10.8. The van der Waals surface area contributed by atoms with E-state index in [1.54, 1.807) is 46.6 Å². The number of nitro groups is 1. The summed E-state index contributed by atoms with van der Waals surface area (Å²) in [5.41, 5.74) is -0.155. The van der Waals surface area contributed by atoms with E-state index in [9.17, 15) is 18.5 Å². The molecule has 2 aromatic heterocycles. The molecule has 0 spiro atoms. The Labute approximate surface area is 155 Å². The third kappa shape index (κ3) is 4.57. The van der Waals surface area contributed by atoms with Crippen LogP contribution in [0.2, 0.25) is 0 Å². The molecule has 2 heterocycles. The van der Waals surface area contributed by atoms with Gasteiger partial charge in [0.1, 0.15) is 0 Å². The highest BCUT2D eigenvalue weighted by molar-refractivity contribution is 7.89. The third-order valence-corrected chi connectivity index (χ3v) is 5.93. The highest BCUT2D eigenvalue weighted by atomic mass is 32.2. The first-order valence-electron chi connectivity index (χ1n) is 8.13. The Kier molecular flexibility index (Phi) is 5.62. The van der Waals surface area contributed by atoms with Crippen LogP contribution in [0.4, 0.5) is 5.69 Å². The Balaban J connectivity index is 1.80. The van der Waals surface area contributed by atoms with Gasteiger partial charge in [0.05, 0.1) is 22.5 Å². The summed E-state index contributed by atoms with van der Waals surface area (Å²) in [6.07, 6.45) is 10.00. The van der Waals surface area contributed by atoms with Crippen molar-refractivity contribution in [3.63, 3.8) is 0 Å². The van der Waals surface area contributed by atoms with Crippen LogP contribution in [-0.2, 0) is 23.1 Å². The van der Waals surface area contributed by atoms with E-state index in [1.165, 1.54) is 28.6 Å². The minimum atomic E-state index is -3.81. The van der Waals surface area contributed by atoms with Crippen molar-refractivity contribution in [3.8, 4) is 0 Å². The minimum Gasteiger partial charge on any atom is -0.336 e. The molecule has 3 aromatic rings. The Morgan fingerprint density at radius 2 is 1.48 bits per heavy atom. The van der Waals surface area contributed by atoms with Gasteiger partial charge in [0.15, 0.2) is 0 Å². The summed E-state index contributed by atoms with van der Waals surface area (Å²) in [7, 11) is -3.81. The van der Waals surface area contributed by atoms with Gasteiger partial charge in [-0.05, 0) is 12.1 Å². The molecule has 142 valence electrons. The minimum absolute atomic E-state index is 0.0179. The number of nitro benzene ring substituents is 1. The molecular formula is C16H18N6O4S. The average Bonchev–Trinajstić information content (AvgIpc) is 3.35. The van der Waals surface area contributed by atoms with E-state index in [0.717, 1.165) is 0 Å². The fourth-order valence-electron chi connectivity index (χ4n) is 2.53. The lowest BCUT2D eigenvalue weighted by Gasteiger charge is -2.22. The summed E-state index contributed by atoms with van der Waals surface area (Å²) < 4.78 is 31.0. The van der Waals surface area contributed by atoms with Crippen LogP contribution in [0.3, 0.4) is 0 Å². The molecule has 0 unspecified atom stereocenters. The first-order chi connectivity index (χ1) is 13.0. The lowest BCUT2D eigenvalue weighted by Crippen LogP contribution is -2.36. The summed E-state index contributed by atoms with van der Waals surface area (Å²) >= 11 is 0. The number of hydrogen-bond donors (Lipinski definition) is 0. The molecule has 27 heavy (non-hydrogen) atoms. The van der Waals surface area contributed by atoms with Crippen LogP contribution >= 0.6 is 0 Å². The maximum atomic E-state index is 13.0. The zero-order chi connectivity index (χ0) is 19.3. The van der Waals surface area contributed by atoms with Gasteiger partial charge in [-0.3, -0.25) is 10.1 Å². The molecule has 0 aliphatic heterocycles. The number of nitrogens with zero attached hydrogens (tertiary/aromatic N) is 6. The molecule has 0 bridgehead atoms. The third-order valence-electron chi connectivity index (χ3n) is 4.02. The summed E-state index contributed by atoms with van der Waals surface area (Å²) in [4.78, 5) is 18.2. The Bertz CT molecular complexity index is 930. The van der Waals surface area contributed by atoms with Crippen molar-refractivity contribution in [2.75, 3.05) is 13.1 Å². The van der Waals surface area contributed by atoms with Gasteiger partial charge in [-0.2, -0.15) is 4.31 Å². The number of rotatable bonds is 9. The van der Waals surface area contributed by atoms with E-state index in [1.807, 2.05) is 0 Å². The smallest absolute Gasteiger partial charge is 0.269 e. The molecule has 0 N–H and O–H groups in total. The standard InChI is InChI=1S/C16H18N6O4S/c23-22(24)15-1-3-16(4-2-15)27(25,26)21(11-9-19-7-5-17-13-19)12-10-20-8-6-18-14-20/h1-8,13-14H,9-12H2. The summed E-state index contributed by atoms with van der Waals surface area (Å²) in [5.74, 6) is 0. The predicted octanol–water partition coefficient (Wildman–Crippen LogP) is 1.38. The Morgan fingerprint density at radius 3 is 1.89 bits per heavy atom. The lowest BCUT2D eigenvalue weighted by molar-refractivity contribution is -0.384. The average molecular weight is 390 g/mol. The van der Waals surface area contributed by atoms with Crippen LogP contribution in [0.15, 0.2) is 66.6 Å². The topological polar surface area (TPSA) is 116 Å². The van der Waals surface area contributed by atoms with Crippen molar-refractivity contribution in [2.45, 2.75) is 18.0 Å². The zero-order valence-corrected chi connectivity index (χ0v) is 15.1. The number of sulfonamides is 1. The van der Waals surface area contributed by atoms with Gasteiger partial charge in [-0.25, -0.2) is 18.4 Å². The van der Waals surface area contributed by atoms with Gasteiger partial charge < -0.3 is 9.13 Å². The van der Waals surface area contributed by atoms with E-state index in [0.29, 0.717) is 13.1 Å². The molecule has 0 radical (unpaired) electrons. The van der Waals surface area contributed by atoms with Gasteiger partial charge in [0, 0.05) is 63.1 Å². The van der Waals surface area contributed by atoms with Gasteiger partial charge in [0.25, 0.3) is 5.69 Å². The number of benzene rings is 1. The summed E-state index contributed by atoms with van der Waals surface area (Å²) in [6.45, 7) is 1.36. The second-order valence-corrected chi connectivity index (χ2v) is 7.69. The van der Waals surface area contributed by atoms with Crippen molar-refractivity contribution in [2.24, 2.45) is 0 Å². The molecular weight excluding hydrogens is 372 g/mol. The van der Waals surface area contributed by atoms with Gasteiger partial charge in [-0.15, -0.1) is 0 Å². The van der Waals surface area contributed by atoms with Crippen LogP contribution in [0.25, 0.3) is 0 Å². The van der Waals surface area contributed by atoms with Crippen molar-refractivity contribution in [1.29, 1.82) is 0 Å². The van der Waals surface area contributed by atoms with Crippen LogP contribution in [0, 0.1) is 10.1 Å². The highest BCUT2D eigenvalue weighted by Crippen LogP contribution is 2.20. The van der Waals surface area contributed by atoms with E-state index >= 15 is 0 Å². The quantitative estimate of drug-likeness (QED) is 0.402. The van der Waals surface area contributed by atoms with Crippen LogP contribution in [-0.4, -0.2) is 49.8 Å². The molecule has 0 aliphatic carbocycles. The molecule has 1 aromatic carbocycles. The van der Waals surface area contributed by atoms with Crippen LogP contribution < -0.4 is 0 Å². The molecule has 0 saturated carbocycles. The van der Waals surface area contributed by atoms with Crippen molar-refractivity contribution in [1.82, 2.24) is 23.4 Å². The first kappa shape index (κ1) is 18.7. The molecule has 0 fully saturated rings. The van der Waals surface area contributed by atoms with Crippen LogP contribution in [0.5, 0.6) is 0 Å². The second-order valence-electron chi connectivity index (χ2n) is 5.76. The fraction of sp³-hybridized carbons (Fsp3) is 0.250. The van der Waals surface area contributed by atoms with Crippen molar-refractivity contribution < 1.29 is 13.3 Å². The Morgan fingerprint density at radius 1 is 0.963 bits per heavy atom. The predicted molar refractivity (Wildman–Crippen MR) is 96.3 cm³/mol. The number of aromatic nitrogens is 4. The summed E-state index contributed by atoms with van der Waals surface area (Å²) in [6, 6.07) is 4.90. The maximum Gasteiger partial charge on any atom is 0.269 e. The normalized spacial score (nSPS) is 11.7. The van der Waals surface area contributed by atoms with E-state index in [4.69, 9.17) is 0 Å². The molecule has 0 atom stereocenters. The SMILES string of the molecule is O=[N+]([O-])c1ccc(S(=O)(=O)N(CCn2ccnc2)CCn2ccnc2)cc1. The van der Waals surface area contributed by atoms with Crippen molar-refractivity contribution in [3.05, 3.63) is 71.8 Å². The molecule has 3 rings (SSSR count). The van der Waals surface area contributed by atoms with Gasteiger partial charge >= 0.3 is 0 Å². The van der Waals surface area contributed by atoms with Crippen LogP contribution in [0.1, 0.15) is 0 Å². The van der Waals surface area contributed by atoms with Gasteiger partial charge in [-0.1, -0.05) is 0 Å². The number of non-ortho nitro benzene ring substituents is 1. The maximum absolute atomic E-state index is 13.0. The second kappa shape index (κ2) is 8.10. The Hall–Kier alpha value is -3.05. The lowest BCUT2D eigenvalue weighted by atomic mass is 10.3. The number of imidazole rings is 2. The first-order valence-corrected chi connectivity index (χ1v) is 9.57. The van der Waals surface area contributed by atoms with Crippen molar-refractivity contribution >= 4 is 15.7 Å². The van der Waals surface area contributed by atoms with E-state index in [2.05, 4.69) is 9.97 Å².